The number of nitrogens with one attached hydrogen (secondary N) is 2. The molecule has 0 spiro atoms. The van der Waals surface area contributed by atoms with Crippen molar-refractivity contribution < 1.29 is 17.6 Å². The minimum Gasteiger partial charge on any atom is -0.371 e. The van der Waals surface area contributed by atoms with E-state index in [1.807, 2.05) is 4.90 Å². The number of hydrogen-bond donors (Lipinski definition) is 2. The normalized spacial score (nSPS) is 17.1. The van der Waals surface area contributed by atoms with Crippen molar-refractivity contribution in [2.24, 2.45) is 10.9 Å². The SMILES string of the molecule is CN=C(NCc1cc(F)ccc1F)NCC1CCN(c2ccc(F)c(F)c2)C1. The third-order valence-corrected chi connectivity index (χ3v) is 4.79. The Kier molecular flexibility index (Phi) is 6.38. The lowest BCUT2D eigenvalue weighted by Gasteiger charge is -2.19. The van der Waals surface area contributed by atoms with Crippen LogP contribution in [-0.4, -0.2) is 32.6 Å². The molecular formula is C20H22F4N4. The van der Waals surface area contributed by atoms with E-state index in [-0.39, 0.29) is 18.0 Å². The third kappa shape index (κ3) is 4.94. The predicted molar refractivity (Wildman–Crippen MR) is 101 cm³/mol. The van der Waals surface area contributed by atoms with Gasteiger partial charge in [0.2, 0.25) is 0 Å². The first-order chi connectivity index (χ1) is 13.5. The molecule has 3 rings (SSSR count). The molecule has 0 aliphatic carbocycles. The summed E-state index contributed by atoms with van der Waals surface area (Å²) in [7, 11) is 1.60. The zero-order chi connectivity index (χ0) is 20.1. The maximum Gasteiger partial charge on any atom is 0.191 e. The highest BCUT2D eigenvalue weighted by Crippen LogP contribution is 2.25. The fourth-order valence-electron chi connectivity index (χ4n) is 3.23. The molecule has 1 aliphatic rings. The highest BCUT2D eigenvalue weighted by molar-refractivity contribution is 5.79. The van der Waals surface area contributed by atoms with Crippen molar-refractivity contribution in [3.05, 3.63) is 65.2 Å². The second kappa shape index (κ2) is 8.95. The van der Waals surface area contributed by atoms with Crippen LogP contribution < -0.4 is 15.5 Å². The molecule has 1 unspecified atom stereocenters. The van der Waals surface area contributed by atoms with Gasteiger partial charge in [0.05, 0.1) is 0 Å². The summed E-state index contributed by atoms with van der Waals surface area (Å²) in [5.41, 5.74) is 0.874. The minimum absolute atomic E-state index is 0.106. The van der Waals surface area contributed by atoms with Gasteiger partial charge in [0, 0.05) is 50.5 Å². The van der Waals surface area contributed by atoms with Gasteiger partial charge in [0.15, 0.2) is 17.6 Å². The standard InChI is InChI=1S/C20H22F4N4/c1-25-20(27-11-14-8-15(21)2-4-17(14)22)26-10-13-6-7-28(12-13)16-3-5-18(23)19(24)9-16/h2-5,8-9,13H,6-7,10-12H2,1H3,(H2,25,26,27). The zero-order valence-corrected chi connectivity index (χ0v) is 15.5. The molecule has 1 atom stereocenters. The summed E-state index contributed by atoms with van der Waals surface area (Å²) in [5.74, 6) is -1.92. The van der Waals surface area contributed by atoms with Gasteiger partial charge in [0.25, 0.3) is 0 Å². The van der Waals surface area contributed by atoms with E-state index < -0.39 is 23.3 Å². The smallest absolute Gasteiger partial charge is 0.191 e. The first-order valence-corrected chi connectivity index (χ1v) is 9.04. The van der Waals surface area contributed by atoms with Crippen molar-refractivity contribution in [1.29, 1.82) is 0 Å². The number of rotatable bonds is 5. The highest BCUT2D eigenvalue weighted by atomic mass is 19.2. The molecule has 2 aromatic carbocycles. The summed E-state index contributed by atoms with van der Waals surface area (Å²) < 4.78 is 53.4. The maximum absolute atomic E-state index is 13.7. The molecule has 1 aliphatic heterocycles. The predicted octanol–water partition coefficient (Wildman–Crippen LogP) is 3.43. The topological polar surface area (TPSA) is 39.7 Å². The van der Waals surface area contributed by atoms with Gasteiger partial charge in [-0.25, -0.2) is 17.6 Å². The van der Waals surface area contributed by atoms with Crippen molar-refractivity contribution in [1.82, 2.24) is 10.6 Å². The van der Waals surface area contributed by atoms with Gasteiger partial charge in [-0.3, -0.25) is 4.99 Å². The van der Waals surface area contributed by atoms with Crippen LogP contribution in [0.4, 0.5) is 23.2 Å². The van der Waals surface area contributed by atoms with Crippen molar-refractivity contribution >= 4 is 11.6 Å². The van der Waals surface area contributed by atoms with E-state index in [1.165, 1.54) is 6.07 Å². The number of halogens is 4. The van der Waals surface area contributed by atoms with Crippen LogP contribution in [0.25, 0.3) is 0 Å². The average molecular weight is 394 g/mol. The second-order valence-electron chi connectivity index (χ2n) is 6.74. The minimum atomic E-state index is -0.856. The van der Waals surface area contributed by atoms with E-state index in [1.54, 1.807) is 13.1 Å². The Labute approximate surface area is 161 Å². The number of benzene rings is 2. The van der Waals surface area contributed by atoms with Crippen LogP contribution in [0.3, 0.4) is 0 Å². The molecular weight excluding hydrogens is 372 g/mol. The van der Waals surface area contributed by atoms with Gasteiger partial charge in [0.1, 0.15) is 11.6 Å². The number of anilines is 1. The average Bonchev–Trinajstić information content (AvgIpc) is 3.15. The molecule has 2 N–H and O–H groups in total. The number of guanidine groups is 1. The van der Waals surface area contributed by atoms with Crippen LogP contribution >= 0.6 is 0 Å². The monoisotopic (exact) mass is 394 g/mol. The van der Waals surface area contributed by atoms with Crippen LogP contribution in [0.2, 0.25) is 0 Å². The van der Waals surface area contributed by atoms with Crippen molar-refractivity contribution in [3.63, 3.8) is 0 Å². The number of hydrogen-bond acceptors (Lipinski definition) is 2. The fourth-order valence-corrected chi connectivity index (χ4v) is 3.23. The Morgan fingerprint density at radius 2 is 1.82 bits per heavy atom. The molecule has 28 heavy (non-hydrogen) atoms. The molecule has 0 saturated carbocycles. The van der Waals surface area contributed by atoms with Crippen molar-refractivity contribution in [2.75, 3.05) is 31.6 Å². The van der Waals surface area contributed by atoms with Gasteiger partial charge in [-0.1, -0.05) is 0 Å². The summed E-state index contributed by atoms with van der Waals surface area (Å²) >= 11 is 0. The molecule has 1 saturated heterocycles. The lowest BCUT2D eigenvalue weighted by atomic mass is 10.1. The number of nitrogens with zero attached hydrogens (tertiary/aromatic N) is 2. The summed E-state index contributed by atoms with van der Waals surface area (Å²) in [6.45, 7) is 2.17. The molecule has 1 fully saturated rings. The lowest BCUT2D eigenvalue weighted by molar-refractivity contribution is 0.508. The van der Waals surface area contributed by atoms with E-state index in [9.17, 15) is 17.6 Å². The molecule has 4 nitrogen and oxygen atoms in total. The Morgan fingerprint density at radius 3 is 2.57 bits per heavy atom. The molecule has 0 radical (unpaired) electrons. The molecule has 1 heterocycles. The van der Waals surface area contributed by atoms with Gasteiger partial charge in [-0.15, -0.1) is 0 Å². The van der Waals surface area contributed by atoms with Crippen LogP contribution in [-0.2, 0) is 6.54 Å². The molecule has 150 valence electrons. The van der Waals surface area contributed by atoms with Crippen LogP contribution in [0, 0.1) is 29.2 Å². The van der Waals surface area contributed by atoms with E-state index in [0.717, 1.165) is 37.2 Å². The van der Waals surface area contributed by atoms with Gasteiger partial charge >= 0.3 is 0 Å². The summed E-state index contributed by atoms with van der Waals surface area (Å²) in [6.07, 6.45) is 0.890. The maximum atomic E-state index is 13.7. The van der Waals surface area contributed by atoms with Gasteiger partial charge in [-0.05, 0) is 42.7 Å². The fraction of sp³-hybridized carbons (Fsp3) is 0.350. The first kappa shape index (κ1) is 20.0. The first-order valence-electron chi connectivity index (χ1n) is 9.04. The number of aliphatic imine (C=N–C) groups is 1. The van der Waals surface area contributed by atoms with Gasteiger partial charge in [-0.2, -0.15) is 0 Å². The molecule has 0 aromatic heterocycles. The Morgan fingerprint density at radius 1 is 1.04 bits per heavy atom. The Hall–Kier alpha value is -2.77. The van der Waals surface area contributed by atoms with Crippen LogP contribution in [0.1, 0.15) is 12.0 Å². The molecule has 8 heteroatoms. The quantitative estimate of drug-likeness (QED) is 0.464. The largest absolute Gasteiger partial charge is 0.371 e. The van der Waals surface area contributed by atoms with Crippen molar-refractivity contribution in [2.45, 2.75) is 13.0 Å². The molecule has 2 aromatic rings. The van der Waals surface area contributed by atoms with E-state index in [0.29, 0.717) is 24.7 Å². The van der Waals surface area contributed by atoms with E-state index in [4.69, 9.17) is 0 Å². The van der Waals surface area contributed by atoms with E-state index >= 15 is 0 Å². The Bertz CT molecular complexity index is 856. The third-order valence-electron chi connectivity index (χ3n) is 4.79. The lowest BCUT2D eigenvalue weighted by Crippen LogP contribution is -2.40. The zero-order valence-electron chi connectivity index (χ0n) is 15.5. The summed E-state index contributed by atoms with van der Waals surface area (Å²) in [6, 6.07) is 7.22. The highest BCUT2D eigenvalue weighted by Gasteiger charge is 2.23. The van der Waals surface area contributed by atoms with Crippen molar-refractivity contribution in [3.8, 4) is 0 Å². The van der Waals surface area contributed by atoms with Crippen LogP contribution in [0.15, 0.2) is 41.4 Å². The van der Waals surface area contributed by atoms with E-state index in [2.05, 4.69) is 15.6 Å². The summed E-state index contributed by atoms with van der Waals surface area (Å²) in [4.78, 5) is 6.10. The van der Waals surface area contributed by atoms with Gasteiger partial charge < -0.3 is 15.5 Å². The molecule has 0 bridgehead atoms. The molecule has 0 amide bonds. The van der Waals surface area contributed by atoms with Crippen LogP contribution in [0.5, 0.6) is 0 Å². The second-order valence-corrected chi connectivity index (χ2v) is 6.74. The Balaban J connectivity index is 1.49. The summed E-state index contributed by atoms with van der Waals surface area (Å²) in [5, 5.41) is 6.13.